The van der Waals surface area contributed by atoms with Gasteiger partial charge in [0.1, 0.15) is 5.75 Å². The molecule has 0 atom stereocenters. The van der Waals surface area contributed by atoms with Crippen LogP contribution in [-0.4, -0.2) is 27.6 Å². The van der Waals surface area contributed by atoms with Gasteiger partial charge in [-0.15, -0.1) is 16.4 Å². The van der Waals surface area contributed by atoms with Gasteiger partial charge in [-0.3, -0.25) is 10.1 Å². The number of aromatic nitrogens is 3. The summed E-state index contributed by atoms with van der Waals surface area (Å²) in [4.78, 5) is 17.7. The van der Waals surface area contributed by atoms with E-state index in [1.165, 1.54) is 16.9 Å². The summed E-state index contributed by atoms with van der Waals surface area (Å²) in [6.07, 6.45) is 0. The molecule has 4 aromatic rings. The monoisotopic (exact) mass is 406 g/mol. The summed E-state index contributed by atoms with van der Waals surface area (Å²) in [7, 11) is 1.64. The SMILES string of the molecule is COc1cccc(-c2csc3nc(NC(=O)c4ccc(C(C)(C)C)cc4)nn23)c1. The third-order valence-corrected chi connectivity index (χ3v) is 5.50. The minimum Gasteiger partial charge on any atom is -0.497 e. The summed E-state index contributed by atoms with van der Waals surface area (Å²) < 4.78 is 7.04. The molecule has 0 radical (unpaired) electrons. The van der Waals surface area contributed by atoms with E-state index in [1.807, 2.05) is 53.9 Å². The van der Waals surface area contributed by atoms with Gasteiger partial charge < -0.3 is 4.74 Å². The number of nitrogens with zero attached hydrogens (tertiary/aromatic N) is 3. The van der Waals surface area contributed by atoms with Crippen LogP contribution < -0.4 is 10.1 Å². The molecule has 2 aromatic carbocycles. The third-order valence-electron chi connectivity index (χ3n) is 4.69. The van der Waals surface area contributed by atoms with E-state index >= 15 is 0 Å². The first-order valence-corrected chi connectivity index (χ1v) is 10.1. The largest absolute Gasteiger partial charge is 0.497 e. The van der Waals surface area contributed by atoms with Crippen molar-refractivity contribution in [3.05, 3.63) is 65.0 Å². The van der Waals surface area contributed by atoms with E-state index < -0.39 is 0 Å². The molecule has 0 spiro atoms. The molecular weight excluding hydrogens is 384 g/mol. The fourth-order valence-corrected chi connectivity index (χ4v) is 3.84. The molecule has 0 saturated carbocycles. The lowest BCUT2D eigenvalue weighted by Crippen LogP contribution is -2.15. The molecular formula is C22H22N4O2S. The number of carbonyl (C=O) groups is 1. The summed E-state index contributed by atoms with van der Waals surface area (Å²) in [5, 5.41) is 9.25. The second-order valence-corrected chi connectivity index (χ2v) is 8.60. The Kier molecular flexibility index (Phi) is 4.84. The van der Waals surface area contributed by atoms with Gasteiger partial charge in [0.15, 0.2) is 0 Å². The number of carbonyl (C=O) groups excluding carboxylic acids is 1. The number of nitrogens with one attached hydrogen (secondary N) is 1. The van der Waals surface area contributed by atoms with Gasteiger partial charge in [0.25, 0.3) is 11.9 Å². The highest BCUT2D eigenvalue weighted by Gasteiger charge is 2.17. The van der Waals surface area contributed by atoms with Crippen LogP contribution in [-0.2, 0) is 5.41 Å². The first-order chi connectivity index (χ1) is 13.8. The van der Waals surface area contributed by atoms with Gasteiger partial charge >= 0.3 is 0 Å². The van der Waals surface area contributed by atoms with E-state index in [0.29, 0.717) is 10.5 Å². The van der Waals surface area contributed by atoms with Crippen LogP contribution in [0.3, 0.4) is 0 Å². The lowest BCUT2D eigenvalue weighted by Gasteiger charge is -2.18. The Morgan fingerprint density at radius 3 is 2.59 bits per heavy atom. The molecule has 0 aliphatic rings. The maximum atomic E-state index is 12.6. The molecule has 1 amide bonds. The maximum absolute atomic E-state index is 12.6. The Morgan fingerprint density at radius 2 is 1.90 bits per heavy atom. The highest BCUT2D eigenvalue weighted by Crippen LogP contribution is 2.28. The summed E-state index contributed by atoms with van der Waals surface area (Å²) in [5.74, 6) is 0.826. The van der Waals surface area contributed by atoms with Crippen molar-refractivity contribution in [2.45, 2.75) is 26.2 Å². The van der Waals surface area contributed by atoms with Crippen LogP contribution in [0.2, 0.25) is 0 Å². The molecule has 0 fully saturated rings. The lowest BCUT2D eigenvalue weighted by molar-refractivity contribution is 0.102. The number of fused-ring (bicyclic) bond motifs is 1. The number of thiazole rings is 1. The van der Waals surface area contributed by atoms with Crippen molar-refractivity contribution in [2.75, 3.05) is 12.4 Å². The Balaban J connectivity index is 1.57. The van der Waals surface area contributed by atoms with E-state index in [9.17, 15) is 4.79 Å². The number of amides is 1. The van der Waals surface area contributed by atoms with Crippen molar-refractivity contribution >= 4 is 28.2 Å². The van der Waals surface area contributed by atoms with Crippen molar-refractivity contribution in [2.24, 2.45) is 0 Å². The maximum Gasteiger partial charge on any atom is 0.258 e. The van der Waals surface area contributed by atoms with Gasteiger partial charge in [-0.2, -0.15) is 4.98 Å². The predicted octanol–water partition coefficient (Wildman–Crippen LogP) is 5.02. The zero-order chi connectivity index (χ0) is 20.6. The number of ether oxygens (including phenoxy) is 1. The number of hydrogen-bond acceptors (Lipinski definition) is 5. The van der Waals surface area contributed by atoms with E-state index in [2.05, 4.69) is 36.2 Å². The number of hydrogen-bond donors (Lipinski definition) is 1. The Labute approximate surface area is 173 Å². The van der Waals surface area contributed by atoms with E-state index in [-0.39, 0.29) is 17.3 Å². The molecule has 29 heavy (non-hydrogen) atoms. The second kappa shape index (κ2) is 7.33. The zero-order valence-corrected chi connectivity index (χ0v) is 17.6. The Bertz CT molecular complexity index is 1170. The summed E-state index contributed by atoms with van der Waals surface area (Å²) in [6, 6.07) is 15.4. The smallest absolute Gasteiger partial charge is 0.258 e. The van der Waals surface area contributed by atoms with Crippen LogP contribution in [0.25, 0.3) is 16.2 Å². The molecule has 7 heteroatoms. The van der Waals surface area contributed by atoms with Gasteiger partial charge in [0.05, 0.1) is 12.8 Å². The molecule has 0 aliphatic carbocycles. The summed E-state index contributed by atoms with van der Waals surface area (Å²) in [6.45, 7) is 6.43. The van der Waals surface area contributed by atoms with Gasteiger partial charge in [0, 0.05) is 16.5 Å². The summed E-state index contributed by atoms with van der Waals surface area (Å²) >= 11 is 1.47. The minimum atomic E-state index is -0.230. The van der Waals surface area contributed by atoms with Gasteiger partial charge in [-0.1, -0.05) is 45.0 Å². The highest BCUT2D eigenvalue weighted by atomic mass is 32.1. The van der Waals surface area contributed by atoms with Crippen molar-refractivity contribution in [3.63, 3.8) is 0 Å². The number of benzene rings is 2. The molecule has 4 rings (SSSR count). The molecule has 0 saturated heterocycles. The van der Waals surface area contributed by atoms with Crippen LogP contribution in [0.1, 0.15) is 36.7 Å². The summed E-state index contributed by atoms with van der Waals surface area (Å²) in [5.41, 5.74) is 3.66. The number of anilines is 1. The Hall–Kier alpha value is -3.19. The normalized spacial score (nSPS) is 11.6. The molecule has 0 aliphatic heterocycles. The molecule has 0 unspecified atom stereocenters. The molecule has 1 N–H and O–H groups in total. The van der Waals surface area contributed by atoms with E-state index in [0.717, 1.165) is 17.0 Å². The fourth-order valence-electron chi connectivity index (χ4n) is 3.01. The zero-order valence-electron chi connectivity index (χ0n) is 16.8. The van der Waals surface area contributed by atoms with Crippen LogP contribution in [0.15, 0.2) is 53.9 Å². The Morgan fingerprint density at radius 1 is 1.14 bits per heavy atom. The molecule has 2 aromatic heterocycles. The predicted molar refractivity (Wildman–Crippen MR) is 116 cm³/mol. The quantitative estimate of drug-likeness (QED) is 0.517. The first kappa shape index (κ1) is 19.1. The van der Waals surface area contributed by atoms with Crippen molar-refractivity contribution in [1.29, 1.82) is 0 Å². The average molecular weight is 407 g/mol. The number of methoxy groups -OCH3 is 1. The van der Waals surface area contributed by atoms with Crippen molar-refractivity contribution < 1.29 is 9.53 Å². The van der Waals surface area contributed by atoms with Crippen LogP contribution in [0.5, 0.6) is 5.75 Å². The standard InChI is InChI=1S/C22H22N4O2S/c1-22(2,3)16-10-8-14(9-11-16)19(27)23-20-24-21-26(25-20)18(13-29-21)15-6-5-7-17(12-15)28-4/h5-13H,1-4H3,(H,23,25,27). The topological polar surface area (TPSA) is 68.5 Å². The fraction of sp³-hybridized carbons (Fsp3) is 0.227. The van der Waals surface area contributed by atoms with Gasteiger partial charge in [0.2, 0.25) is 4.96 Å². The lowest BCUT2D eigenvalue weighted by atomic mass is 9.87. The average Bonchev–Trinajstić information content (AvgIpc) is 3.27. The molecule has 2 heterocycles. The minimum absolute atomic E-state index is 0.0430. The third kappa shape index (κ3) is 3.86. The van der Waals surface area contributed by atoms with Crippen molar-refractivity contribution in [1.82, 2.24) is 14.6 Å². The van der Waals surface area contributed by atoms with Gasteiger partial charge in [-0.25, -0.2) is 4.52 Å². The van der Waals surface area contributed by atoms with Crippen molar-refractivity contribution in [3.8, 4) is 17.0 Å². The van der Waals surface area contributed by atoms with Crippen LogP contribution in [0, 0.1) is 0 Å². The first-order valence-electron chi connectivity index (χ1n) is 9.26. The van der Waals surface area contributed by atoms with E-state index in [1.54, 1.807) is 11.6 Å². The van der Waals surface area contributed by atoms with Gasteiger partial charge in [-0.05, 0) is 35.2 Å². The van der Waals surface area contributed by atoms with Crippen LogP contribution in [0.4, 0.5) is 5.95 Å². The van der Waals surface area contributed by atoms with Crippen LogP contribution >= 0.6 is 11.3 Å². The highest BCUT2D eigenvalue weighted by molar-refractivity contribution is 7.15. The molecule has 148 valence electrons. The second-order valence-electron chi connectivity index (χ2n) is 7.76. The number of rotatable bonds is 4. The molecule has 6 nitrogen and oxygen atoms in total. The van der Waals surface area contributed by atoms with E-state index in [4.69, 9.17) is 4.74 Å². The molecule has 0 bridgehead atoms.